The molecule has 0 bridgehead atoms. The molecule has 104 valence electrons. The number of carbonyl (C=O) groups excluding carboxylic acids is 1. The highest BCUT2D eigenvalue weighted by molar-refractivity contribution is 9.10. The quantitative estimate of drug-likeness (QED) is 0.902. The van der Waals surface area contributed by atoms with Gasteiger partial charge in [0.15, 0.2) is 0 Å². The van der Waals surface area contributed by atoms with Crippen LogP contribution in [0, 0.1) is 12.7 Å². The van der Waals surface area contributed by atoms with Gasteiger partial charge in [-0.2, -0.15) is 0 Å². The summed E-state index contributed by atoms with van der Waals surface area (Å²) in [5.41, 5.74) is 2.66. The number of carbonyl (C=O) groups is 1. The van der Waals surface area contributed by atoms with E-state index in [4.69, 9.17) is 0 Å². The van der Waals surface area contributed by atoms with Crippen molar-refractivity contribution in [2.24, 2.45) is 0 Å². The zero-order valence-electron chi connectivity index (χ0n) is 11.1. The molecule has 4 heteroatoms. The Labute approximate surface area is 126 Å². The number of benzene rings is 2. The normalized spacial score (nSPS) is 10.3. The van der Waals surface area contributed by atoms with Gasteiger partial charge in [0.2, 0.25) is 0 Å². The third-order valence-corrected chi connectivity index (χ3v) is 3.67. The zero-order valence-corrected chi connectivity index (χ0v) is 12.7. The van der Waals surface area contributed by atoms with E-state index < -0.39 is 0 Å². The van der Waals surface area contributed by atoms with E-state index in [1.165, 1.54) is 12.1 Å². The summed E-state index contributed by atoms with van der Waals surface area (Å²) in [6, 6.07) is 12.0. The third-order valence-electron chi connectivity index (χ3n) is 2.98. The van der Waals surface area contributed by atoms with Gasteiger partial charge in [-0.25, -0.2) is 4.39 Å². The molecule has 0 aromatic heterocycles. The molecule has 0 saturated heterocycles. The molecule has 0 aliphatic heterocycles. The van der Waals surface area contributed by atoms with Crippen molar-refractivity contribution in [3.05, 3.63) is 69.4 Å². The van der Waals surface area contributed by atoms with E-state index in [1.54, 1.807) is 12.1 Å². The summed E-state index contributed by atoms with van der Waals surface area (Å²) in [4.78, 5) is 12.1. The Kier molecular flexibility index (Phi) is 4.90. The van der Waals surface area contributed by atoms with Crippen LogP contribution in [0.2, 0.25) is 0 Å². The molecule has 2 rings (SSSR count). The van der Waals surface area contributed by atoms with Crippen molar-refractivity contribution in [3.63, 3.8) is 0 Å². The SMILES string of the molecule is Cc1ccc(Br)c(C(=O)NCCc2ccc(F)cc2)c1. The first-order chi connectivity index (χ1) is 9.56. The predicted molar refractivity (Wildman–Crippen MR) is 81.3 cm³/mol. The molecule has 0 aliphatic rings. The Morgan fingerprint density at radius 3 is 2.60 bits per heavy atom. The fraction of sp³-hybridized carbons (Fsp3) is 0.188. The fourth-order valence-corrected chi connectivity index (χ4v) is 2.31. The van der Waals surface area contributed by atoms with Crippen LogP contribution in [0.3, 0.4) is 0 Å². The Hall–Kier alpha value is -1.68. The van der Waals surface area contributed by atoms with Gasteiger partial charge in [0.05, 0.1) is 5.56 Å². The number of aryl methyl sites for hydroxylation is 1. The second-order valence-corrected chi connectivity index (χ2v) is 5.47. The molecule has 0 heterocycles. The molecule has 0 unspecified atom stereocenters. The van der Waals surface area contributed by atoms with Gasteiger partial charge in [0.25, 0.3) is 5.91 Å². The van der Waals surface area contributed by atoms with Crippen LogP contribution in [-0.2, 0) is 6.42 Å². The Morgan fingerprint density at radius 1 is 1.20 bits per heavy atom. The van der Waals surface area contributed by atoms with Gasteiger partial charge < -0.3 is 5.32 Å². The maximum atomic E-state index is 12.8. The van der Waals surface area contributed by atoms with Gasteiger partial charge in [-0.15, -0.1) is 0 Å². The molecule has 0 aliphatic carbocycles. The van der Waals surface area contributed by atoms with Crippen molar-refractivity contribution in [2.75, 3.05) is 6.54 Å². The number of hydrogen-bond donors (Lipinski definition) is 1. The molecule has 2 aromatic carbocycles. The minimum Gasteiger partial charge on any atom is -0.352 e. The van der Waals surface area contributed by atoms with Crippen LogP contribution in [0.4, 0.5) is 4.39 Å². The fourth-order valence-electron chi connectivity index (χ4n) is 1.88. The molecule has 0 radical (unpaired) electrons. The van der Waals surface area contributed by atoms with Crippen LogP contribution >= 0.6 is 15.9 Å². The Balaban J connectivity index is 1.92. The molecular weight excluding hydrogens is 321 g/mol. The molecule has 0 fully saturated rings. The summed E-state index contributed by atoms with van der Waals surface area (Å²) >= 11 is 3.37. The van der Waals surface area contributed by atoms with Crippen LogP contribution in [0.25, 0.3) is 0 Å². The highest BCUT2D eigenvalue weighted by atomic mass is 79.9. The van der Waals surface area contributed by atoms with Crippen LogP contribution in [-0.4, -0.2) is 12.5 Å². The minimum absolute atomic E-state index is 0.109. The van der Waals surface area contributed by atoms with Crippen LogP contribution in [0.15, 0.2) is 46.9 Å². The van der Waals surface area contributed by atoms with E-state index in [1.807, 2.05) is 25.1 Å². The number of rotatable bonds is 4. The van der Waals surface area contributed by atoms with Gasteiger partial charge in [-0.1, -0.05) is 23.8 Å². The molecule has 0 atom stereocenters. The first-order valence-electron chi connectivity index (χ1n) is 6.35. The van der Waals surface area contributed by atoms with Crippen molar-refractivity contribution in [1.29, 1.82) is 0 Å². The summed E-state index contributed by atoms with van der Waals surface area (Å²) in [5, 5.41) is 2.87. The molecule has 2 aromatic rings. The molecule has 0 saturated carbocycles. The molecular formula is C16H15BrFNO. The molecule has 20 heavy (non-hydrogen) atoms. The second kappa shape index (κ2) is 6.66. The topological polar surface area (TPSA) is 29.1 Å². The number of nitrogens with one attached hydrogen (secondary N) is 1. The first-order valence-corrected chi connectivity index (χ1v) is 7.14. The number of hydrogen-bond acceptors (Lipinski definition) is 1. The maximum absolute atomic E-state index is 12.8. The average Bonchev–Trinajstić information content (AvgIpc) is 2.43. The third kappa shape index (κ3) is 3.90. The highest BCUT2D eigenvalue weighted by Gasteiger charge is 2.09. The van der Waals surface area contributed by atoms with Crippen molar-refractivity contribution in [3.8, 4) is 0 Å². The Morgan fingerprint density at radius 2 is 1.90 bits per heavy atom. The van der Waals surface area contributed by atoms with Gasteiger partial charge in [0, 0.05) is 11.0 Å². The largest absolute Gasteiger partial charge is 0.352 e. The van der Waals surface area contributed by atoms with E-state index in [-0.39, 0.29) is 11.7 Å². The zero-order chi connectivity index (χ0) is 14.5. The van der Waals surface area contributed by atoms with E-state index in [0.29, 0.717) is 18.5 Å². The van der Waals surface area contributed by atoms with Gasteiger partial charge in [0.1, 0.15) is 5.82 Å². The van der Waals surface area contributed by atoms with Gasteiger partial charge in [-0.3, -0.25) is 4.79 Å². The van der Waals surface area contributed by atoms with E-state index in [9.17, 15) is 9.18 Å². The highest BCUT2D eigenvalue weighted by Crippen LogP contribution is 2.17. The van der Waals surface area contributed by atoms with Gasteiger partial charge >= 0.3 is 0 Å². The summed E-state index contributed by atoms with van der Waals surface area (Å²) in [6.45, 7) is 2.46. The first kappa shape index (κ1) is 14.7. The molecule has 1 N–H and O–H groups in total. The summed E-state index contributed by atoms with van der Waals surface area (Å²) < 4.78 is 13.5. The van der Waals surface area contributed by atoms with Crippen molar-refractivity contribution >= 4 is 21.8 Å². The van der Waals surface area contributed by atoms with Gasteiger partial charge in [-0.05, 0) is 59.1 Å². The van der Waals surface area contributed by atoms with Crippen LogP contribution in [0.5, 0.6) is 0 Å². The smallest absolute Gasteiger partial charge is 0.252 e. The number of halogens is 2. The van der Waals surface area contributed by atoms with Crippen molar-refractivity contribution in [2.45, 2.75) is 13.3 Å². The monoisotopic (exact) mass is 335 g/mol. The Bertz CT molecular complexity index is 610. The lowest BCUT2D eigenvalue weighted by molar-refractivity contribution is 0.0953. The van der Waals surface area contributed by atoms with Crippen molar-refractivity contribution in [1.82, 2.24) is 5.32 Å². The number of amides is 1. The summed E-state index contributed by atoms with van der Waals surface area (Å²) in [7, 11) is 0. The molecule has 0 spiro atoms. The van der Waals surface area contributed by atoms with Crippen molar-refractivity contribution < 1.29 is 9.18 Å². The van der Waals surface area contributed by atoms with Crippen LogP contribution < -0.4 is 5.32 Å². The average molecular weight is 336 g/mol. The molecule has 2 nitrogen and oxygen atoms in total. The standard InChI is InChI=1S/C16H15BrFNO/c1-11-2-7-15(17)14(10-11)16(20)19-9-8-12-3-5-13(18)6-4-12/h2-7,10H,8-9H2,1H3,(H,19,20). The predicted octanol–water partition coefficient (Wildman–Crippen LogP) is 3.87. The van der Waals surface area contributed by atoms with E-state index in [2.05, 4.69) is 21.2 Å². The lowest BCUT2D eigenvalue weighted by Crippen LogP contribution is -2.26. The lowest BCUT2D eigenvalue weighted by atomic mass is 10.1. The van der Waals surface area contributed by atoms with E-state index >= 15 is 0 Å². The van der Waals surface area contributed by atoms with E-state index in [0.717, 1.165) is 15.6 Å². The van der Waals surface area contributed by atoms with Crippen LogP contribution in [0.1, 0.15) is 21.5 Å². The molecule has 1 amide bonds. The lowest BCUT2D eigenvalue weighted by Gasteiger charge is -2.08. The second-order valence-electron chi connectivity index (χ2n) is 4.62. The summed E-state index contributed by atoms with van der Waals surface area (Å²) in [6.07, 6.45) is 0.676. The minimum atomic E-state index is -0.249. The summed E-state index contributed by atoms with van der Waals surface area (Å²) in [5.74, 6) is -0.357. The maximum Gasteiger partial charge on any atom is 0.252 e.